The zero-order valence-corrected chi connectivity index (χ0v) is 13.3. The van der Waals surface area contributed by atoms with Crippen LogP contribution in [0.2, 0.25) is 10.0 Å². The summed E-state index contributed by atoms with van der Waals surface area (Å²) >= 11 is 18.3. The van der Waals surface area contributed by atoms with E-state index < -0.39 is 0 Å². The van der Waals surface area contributed by atoms with Crippen molar-refractivity contribution in [2.24, 2.45) is 0 Å². The molecule has 0 N–H and O–H groups in total. The van der Waals surface area contributed by atoms with Crippen LogP contribution in [0, 0.1) is 0 Å². The summed E-state index contributed by atoms with van der Waals surface area (Å²) in [6.07, 6.45) is 1.74. The number of rotatable bonds is 5. The maximum absolute atomic E-state index is 6.41. The van der Waals surface area contributed by atoms with Gasteiger partial charge < -0.3 is 4.74 Å². The lowest BCUT2D eigenvalue weighted by Crippen LogP contribution is -1.94. The van der Waals surface area contributed by atoms with E-state index in [2.05, 4.69) is 12.1 Å². The summed E-state index contributed by atoms with van der Waals surface area (Å²) < 4.78 is 5.14. The summed E-state index contributed by atoms with van der Waals surface area (Å²) in [5.74, 6) is 0.862. The van der Waals surface area contributed by atoms with Gasteiger partial charge >= 0.3 is 0 Å². The molecule has 4 heteroatoms. The molecule has 0 fully saturated rings. The number of aryl methyl sites for hydroxylation is 1. The van der Waals surface area contributed by atoms with Gasteiger partial charge in [0, 0.05) is 0 Å². The van der Waals surface area contributed by atoms with E-state index in [4.69, 9.17) is 39.5 Å². The minimum absolute atomic E-state index is 0.0770. The van der Waals surface area contributed by atoms with Gasteiger partial charge in [-0.05, 0) is 48.2 Å². The number of benzene rings is 2. The first kappa shape index (κ1) is 15.5. The molecular weight excluding hydrogens is 315 g/mol. The molecule has 20 heavy (non-hydrogen) atoms. The maximum Gasteiger partial charge on any atom is 0.118 e. The van der Waals surface area contributed by atoms with Crippen LogP contribution in [0.4, 0.5) is 0 Å². The van der Waals surface area contributed by atoms with Crippen LogP contribution in [0.25, 0.3) is 0 Å². The van der Waals surface area contributed by atoms with Gasteiger partial charge in [-0.2, -0.15) is 0 Å². The van der Waals surface area contributed by atoms with Gasteiger partial charge in [0.1, 0.15) is 5.75 Å². The number of halogens is 3. The number of alkyl halides is 1. The lowest BCUT2D eigenvalue weighted by molar-refractivity contribution is 0.414. The second-order valence-electron chi connectivity index (χ2n) is 4.53. The molecule has 0 heterocycles. The summed E-state index contributed by atoms with van der Waals surface area (Å²) in [5.41, 5.74) is 2.23. The standard InChI is InChI=1S/C16H15Cl3O/c1-20-13-6-2-11(3-7-13)4-8-14(17)12-5-9-15(18)16(19)10-12/h2-3,5-7,9-10,14H,4,8H2,1H3. The predicted molar refractivity (Wildman–Crippen MR) is 86.4 cm³/mol. The first-order valence-electron chi connectivity index (χ1n) is 6.32. The van der Waals surface area contributed by atoms with Crippen molar-refractivity contribution < 1.29 is 4.74 Å². The molecule has 0 bridgehead atoms. The molecule has 0 aromatic heterocycles. The van der Waals surface area contributed by atoms with Crippen LogP contribution in [-0.2, 0) is 6.42 Å². The number of methoxy groups -OCH3 is 1. The fourth-order valence-corrected chi connectivity index (χ4v) is 2.51. The van der Waals surface area contributed by atoms with E-state index >= 15 is 0 Å². The van der Waals surface area contributed by atoms with Crippen LogP contribution in [0.3, 0.4) is 0 Å². The van der Waals surface area contributed by atoms with Gasteiger partial charge in [-0.1, -0.05) is 41.4 Å². The van der Waals surface area contributed by atoms with Crippen molar-refractivity contribution in [3.63, 3.8) is 0 Å². The van der Waals surface area contributed by atoms with Gasteiger partial charge in [-0.15, -0.1) is 11.6 Å². The van der Waals surface area contributed by atoms with Crippen molar-refractivity contribution in [3.8, 4) is 5.75 Å². The molecule has 0 radical (unpaired) electrons. The Kier molecular flexibility index (Phi) is 5.59. The van der Waals surface area contributed by atoms with E-state index in [0.717, 1.165) is 24.2 Å². The van der Waals surface area contributed by atoms with Crippen molar-refractivity contribution in [2.45, 2.75) is 18.2 Å². The highest BCUT2D eigenvalue weighted by atomic mass is 35.5. The van der Waals surface area contributed by atoms with Crippen molar-refractivity contribution in [1.82, 2.24) is 0 Å². The minimum atomic E-state index is -0.0770. The Hall–Kier alpha value is -0.890. The summed E-state index contributed by atoms with van der Waals surface area (Å²) in [6.45, 7) is 0. The molecule has 0 aliphatic heterocycles. The second-order valence-corrected chi connectivity index (χ2v) is 5.87. The zero-order chi connectivity index (χ0) is 14.5. The van der Waals surface area contributed by atoms with Crippen LogP contribution < -0.4 is 4.74 Å². The molecule has 0 saturated heterocycles. The van der Waals surface area contributed by atoms with Crippen molar-refractivity contribution in [2.75, 3.05) is 7.11 Å². The van der Waals surface area contributed by atoms with Gasteiger partial charge in [0.05, 0.1) is 22.5 Å². The summed E-state index contributed by atoms with van der Waals surface area (Å²) in [6, 6.07) is 13.5. The predicted octanol–water partition coefficient (Wildman–Crippen LogP) is 5.91. The van der Waals surface area contributed by atoms with E-state index in [9.17, 15) is 0 Å². The third kappa shape index (κ3) is 4.05. The summed E-state index contributed by atoms with van der Waals surface area (Å²) in [7, 11) is 1.66. The topological polar surface area (TPSA) is 9.23 Å². The Labute approximate surface area is 134 Å². The van der Waals surface area contributed by atoms with Crippen LogP contribution in [0.5, 0.6) is 5.75 Å². The Morgan fingerprint density at radius 3 is 2.30 bits per heavy atom. The smallest absolute Gasteiger partial charge is 0.118 e. The fraction of sp³-hybridized carbons (Fsp3) is 0.250. The molecule has 2 aromatic carbocycles. The highest BCUT2D eigenvalue weighted by molar-refractivity contribution is 6.42. The molecule has 106 valence electrons. The largest absolute Gasteiger partial charge is 0.497 e. The Balaban J connectivity index is 1.96. The van der Waals surface area contributed by atoms with Crippen LogP contribution in [0.15, 0.2) is 42.5 Å². The third-order valence-corrected chi connectivity index (χ3v) is 4.36. The van der Waals surface area contributed by atoms with Gasteiger partial charge in [-0.3, -0.25) is 0 Å². The van der Waals surface area contributed by atoms with E-state index in [1.54, 1.807) is 13.2 Å². The first-order valence-corrected chi connectivity index (χ1v) is 7.51. The van der Waals surface area contributed by atoms with Gasteiger partial charge in [0.25, 0.3) is 0 Å². The van der Waals surface area contributed by atoms with E-state index in [1.807, 2.05) is 24.3 Å². The number of hydrogen-bond donors (Lipinski definition) is 0. The average Bonchev–Trinajstić information content (AvgIpc) is 2.48. The molecule has 2 rings (SSSR count). The van der Waals surface area contributed by atoms with E-state index in [-0.39, 0.29) is 5.38 Å². The fourth-order valence-electron chi connectivity index (χ4n) is 1.96. The quantitative estimate of drug-likeness (QED) is 0.619. The van der Waals surface area contributed by atoms with Crippen LogP contribution in [-0.4, -0.2) is 7.11 Å². The van der Waals surface area contributed by atoms with Gasteiger partial charge in [0.15, 0.2) is 0 Å². The maximum atomic E-state index is 6.41. The zero-order valence-electron chi connectivity index (χ0n) is 11.1. The average molecular weight is 330 g/mol. The molecule has 2 aromatic rings. The third-order valence-electron chi connectivity index (χ3n) is 3.15. The number of hydrogen-bond acceptors (Lipinski definition) is 1. The minimum Gasteiger partial charge on any atom is -0.497 e. The molecule has 0 saturated carbocycles. The van der Waals surface area contributed by atoms with Crippen LogP contribution >= 0.6 is 34.8 Å². The Morgan fingerprint density at radius 2 is 1.70 bits per heavy atom. The van der Waals surface area contributed by atoms with Crippen molar-refractivity contribution >= 4 is 34.8 Å². The molecule has 1 unspecified atom stereocenters. The summed E-state index contributed by atoms with van der Waals surface area (Å²) in [4.78, 5) is 0. The molecular formula is C16H15Cl3O. The van der Waals surface area contributed by atoms with Gasteiger partial charge in [-0.25, -0.2) is 0 Å². The van der Waals surface area contributed by atoms with Crippen molar-refractivity contribution in [3.05, 3.63) is 63.6 Å². The van der Waals surface area contributed by atoms with E-state index in [0.29, 0.717) is 10.0 Å². The number of ether oxygens (including phenoxy) is 1. The molecule has 0 aliphatic carbocycles. The molecule has 0 amide bonds. The van der Waals surface area contributed by atoms with Gasteiger partial charge in [0.2, 0.25) is 0 Å². The monoisotopic (exact) mass is 328 g/mol. The first-order chi connectivity index (χ1) is 9.60. The SMILES string of the molecule is COc1ccc(CCC(Cl)c2ccc(Cl)c(Cl)c2)cc1. The molecule has 1 nitrogen and oxygen atoms in total. The Morgan fingerprint density at radius 1 is 1.00 bits per heavy atom. The molecule has 0 spiro atoms. The normalized spacial score (nSPS) is 12.2. The highest BCUT2D eigenvalue weighted by Crippen LogP contribution is 2.31. The summed E-state index contributed by atoms with van der Waals surface area (Å²) in [5, 5.41) is 1.01. The van der Waals surface area contributed by atoms with E-state index in [1.165, 1.54) is 5.56 Å². The second kappa shape index (κ2) is 7.21. The van der Waals surface area contributed by atoms with Crippen molar-refractivity contribution in [1.29, 1.82) is 0 Å². The molecule has 0 aliphatic rings. The molecule has 1 atom stereocenters. The Bertz CT molecular complexity index is 566. The lowest BCUT2D eigenvalue weighted by Gasteiger charge is -2.11. The lowest BCUT2D eigenvalue weighted by atomic mass is 10.0. The van der Waals surface area contributed by atoms with Crippen LogP contribution in [0.1, 0.15) is 22.9 Å². The highest BCUT2D eigenvalue weighted by Gasteiger charge is 2.10.